The van der Waals surface area contributed by atoms with Crippen LogP contribution in [0, 0.1) is 12.8 Å². The average Bonchev–Trinajstić information content (AvgIpc) is 2.57. The summed E-state index contributed by atoms with van der Waals surface area (Å²) in [6.07, 6.45) is 1.12. The molecule has 0 aliphatic carbocycles. The SMILES string of the molecule is CCCNC(=O)CNC(=O)[C@@H](CC(C)C)NS(=O)(=O)c1ccc(C)cc1. The number of hydrogen-bond donors (Lipinski definition) is 3. The number of benzene rings is 1. The van der Waals surface area contributed by atoms with E-state index in [2.05, 4.69) is 15.4 Å². The third-order valence-corrected chi connectivity index (χ3v) is 5.14. The van der Waals surface area contributed by atoms with Crippen molar-refractivity contribution in [2.24, 2.45) is 5.92 Å². The van der Waals surface area contributed by atoms with E-state index in [1.165, 1.54) is 12.1 Å². The Morgan fingerprint density at radius 3 is 2.23 bits per heavy atom. The monoisotopic (exact) mass is 383 g/mol. The summed E-state index contributed by atoms with van der Waals surface area (Å²) in [5.74, 6) is -0.716. The average molecular weight is 384 g/mol. The first-order valence-electron chi connectivity index (χ1n) is 8.79. The molecule has 0 saturated heterocycles. The Morgan fingerprint density at radius 1 is 1.08 bits per heavy atom. The van der Waals surface area contributed by atoms with Gasteiger partial charge in [-0.15, -0.1) is 0 Å². The fourth-order valence-electron chi connectivity index (χ4n) is 2.27. The molecule has 0 fully saturated rings. The molecule has 8 heteroatoms. The van der Waals surface area contributed by atoms with Crippen molar-refractivity contribution in [3.8, 4) is 0 Å². The second kappa shape index (κ2) is 10.3. The fraction of sp³-hybridized carbons (Fsp3) is 0.556. The summed E-state index contributed by atoms with van der Waals surface area (Å²) < 4.78 is 27.6. The van der Waals surface area contributed by atoms with E-state index >= 15 is 0 Å². The second-order valence-corrected chi connectivity index (χ2v) is 8.40. The van der Waals surface area contributed by atoms with E-state index in [0.717, 1.165) is 12.0 Å². The number of carbonyl (C=O) groups is 2. The van der Waals surface area contributed by atoms with Gasteiger partial charge in [0.25, 0.3) is 0 Å². The summed E-state index contributed by atoms with van der Waals surface area (Å²) >= 11 is 0. The highest BCUT2D eigenvalue weighted by molar-refractivity contribution is 7.89. The summed E-state index contributed by atoms with van der Waals surface area (Å²) in [5, 5.41) is 5.16. The van der Waals surface area contributed by atoms with E-state index in [9.17, 15) is 18.0 Å². The van der Waals surface area contributed by atoms with Crippen LogP contribution in [0.4, 0.5) is 0 Å². The lowest BCUT2D eigenvalue weighted by Gasteiger charge is -2.20. The van der Waals surface area contributed by atoms with Crippen LogP contribution in [-0.2, 0) is 19.6 Å². The molecule has 2 amide bonds. The molecule has 0 bridgehead atoms. The molecule has 0 spiro atoms. The van der Waals surface area contributed by atoms with Crippen LogP contribution in [0.5, 0.6) is 0 Å². The number of aryl methyl sites for hydroxylation is 1. The quantitative estimate of drug-likeness (QED) is 0.567. The molecule has 0 heterocycles. The zero-order valence-corrected chi connectivity index (χ0v) is 16.7. The van der Waals surface area contributed by atoms with Gasteiger partial charge in [-0.2, -0.15) is 4.72 Å². The molecular formula is C18H29N3O4S. The second-order valence-electron chi connectivity index (χ2n) is 6.68. The van der Waals surface area contributed by atoms with Crippen LogP contribution in [-0.4, -0.2) is 39.4 Å². The van der Waals surface area contributed by atoms with Crippen molar-refractivity contribution in [2.75, 3.05) is 13.1 Å². The van der Waals surface area contributed by atoms with E-state index < -0.39 is 22.0 Å². The molecule has 7 nitrogen and oxygen atoms in total. The van der Waals surface area contributed by atoms with Gasteiger partial charge in [0, 0.05) is 6.54 Å². The molecule has 0 unspecified atom stereocenters. The van der Waals surface area contributed by atoms with Crippen LogP contribution in [0.25, 0.3) is 0 Å². The van der Waals surface area contributed by atoms with E-state index in [0.29, 0.717) is 13.0 Å². The van der Waals surface area contributed by atoms with Crippen molar-refractivity contribution in [2.45, 2.75) is 51.5 Å². The normalized spacial score (nSPS) is 12.7. The Bertz CT molecular complexity index is 700. The van der Waals surface area contributed by atoms with Crippen molar-refractivity contribution in [3.05, 3.63) is 29.8 Å². The molecular weight excluding hydrogens is 354 g/mol. The number of sulfonamides is 1. The minimum Gasteiger partial charge on any atom is -0.355 e. The third-order valence-electron chi connectivity index (χ3n) is 3.65. The predicted molar refractivity (Wildman–Crippen MR) is 101 cm³/mol. The lowest BCUT2D eigenvalue weighted by molar-refractivity contribution is -0.127. The van der Waals surface area contributed by atoms with Crippen LogP contribution < -0.4 is 15.4 Å². The molecule has 0 aliphatic heterocycles. The fourth-order valence-corrected chi connectivity index (χ4v) is 3.48. The van der Waals surface area contributed by atoms with Gasteiger partial charge < -0.3 is 10.6 Å². The van der Waals surface area contributed by atoms with Crippen LogP contribution in [0.1, 0.15) is 39.2 Å². The molecule has 0 saturated carbocycles. The zero-order valence-electron chi connectivity index (χ0n) is 15.8. The minimum atomic E-state index is -3.83. The molecule has 3 N–H and O–H groups in total. The van der Waals surface area contributed by atoms with Crippen molar-refractivity contribution < 1.29 is 18.0 Å². The molecule has 1 rings (SSSR count). The van der Waals surface area contributed by atoms with Crippen molar-refractivity contribution in [3.63, 3.8) is 0 Å². The summed E-state index contributed by atoms with van der Waals surface area (Å²) in [4.78, 5) is 24.1. The first-order valence-corrected chi connectivity index (χ1v) is 10.3. The molecule has 1 aromatic carbocycles. The first kappa shape index (κ1) is 22.1. The maximum Gasteiger partial charge on any atom is 0.241 e. The number of nitrogens with one attached hydrogen (secondary N) is 3. The van der Waals surface area contributed by atoms with E-state index in [1.54, 1.807) is 12.1 Å². The van der Waals surface area contributed by atoms with Gasteiger partial charge in [-0.05, 0) is 37.8 Å². The Labute approximate surface area is 156 Å². The number of amides is 2. The smallest absolute Gasteiger partial charge is 0.241 e. The summed E-state index contributed by atoms with van der Waals surface area (Å²) in [6, 6.07) is 5.45. The Kier molecular flexibility index (Phi) is 8.74. The minimum absolute atomic E-state index is 0.0976. The zero-order chi connectivity index (χ0) is 19.7. The Hall–Kier alpha value is -1.93. The molecule has 1 atom stereocenters. The lowest BCUT2D eigenvalue weighted by Crippen LogP contribution is -2.49. The number of carbonyl (C=O) groups excluding carboxylic acids is 2. The summed E-state index contributed by atoms with van der Waals surface area (Å²) in [6.45, 7) is 7.94. The highest BCUT2D eigenvalue weighted by Crippen LogP contribution is 2.13. The third kappa shape index (κ3) is 7.53. The van der Waals surface area contributed by atoms with Gasteiger partial charge in [0.1, 0.15) is 6.04 Å². The molecule has 0 aromatic heterocycles. The van der Waals surface area contributed by atoms with Gasteiger partial charge in [0.2, 0.25) is 21.8 Å². The Morgan fingerprint density at radius 2 is 1.69 bits per heavy atom. The van der Waals surface area contributed by atoms with Gasteiger partial charge in [-0.1, -0.05) is 38.5 Å². The molecule has 146 valence electrons. The lowest BCUT2D eigenvalue weighted by atomic mass is 10.0. The van der Waals surface area contributed by atoms with Crippen LogP contribution in [0.3, 0.4) is 0 Å². The van der Waals surface area contributed by atoms with Crippen molar-refractivity contribution in [1.82, 2.24) is 15.4 Å². The van der Waals surface area contributed by atoms with E-state index in [-0.39, 0.29) is 23.3 Å². The van der Waals surface area contributed by atoms with E-state index in [1.807, 2.05) is 27.7 Å². The molecule has 26 heavy (non-hydrogen) atoms. The largest absolute Gasteiger partial charge is 0.355 e. The van der Waals surface area contributed by atoms with Gasteiger partial charge in [-0.3, -0.25) is 9.59 Å². The van der Waals surface area contributed by atoms with Gasteiger partial charge in [-0.25, -0.2) is 8.42 Å². The highest BCUT2D eigenvalue weighted by atomic mass is 32.2. The first-order chi connectivity index (χ1) is 12.2. The number of rotatable bonds is 10. The van der Waals surface area contributed by atoms with Crippen LogP contribution >= 0.6 is 0 Å². The van der Waals surface area contributed by atoms with Gasteiger partial charge in [0.05, 0.1) is 11.4 Å². The standard InChI is InChI=1S/C18H29N3O4S/c1-5-10-19-17(22)12-20-18(23)16(11-13(2)3)21-26(24,25)15-8-6-14(4)7-9-15/h6-9,13,16,21H,5,10-12H2,1-4H3,(H,19,22)(H,20,23)/t16-/m1/s1. The van der Waals surface area contributed by atoms with Crippen molar-refractivity contribution >= 4 is 21.8 Å². The molecule has 1 aromatic rings. The van der Waals surface area contributed by atoms with Crippen LogP contribution in [0.15, 0.2) is 29.2 Å². The van der Waals surface area contributed by atoms with Crippen LogP contribution in [0.2, 0.25) is 0 Å². The Balaban J connectivity index is 2.80. The van der Waals surface area contributed by atoms with Gasteiger partial charge in [0.15, 0.2) is 0 Å². The highest BCUT2D eigenvalue weighted by Gasteiger charge is 2.26. The molecule has 0 aliphatic rings. The predicted octanol–water partition coefficient (Wildman–Crippen LogP) is 1.33. The topological polar surface area (TPSA) is 104 Å². The number of hydrogen-bond acceptors (Lipinski definition) is 4. The maximum atomic E-state index is 12.5. The molecule has 0 radical (unpaired) electrons. The van der Waals surface area contributed by atoms with E-state index in [4.69, 9.17) is 0 Å². The summed E-state index contributed by atoms with van der Waals surface area (Å²) in [7, 11) is -3.83. The van der Waals surface area contributed by atoms with Crippen molar-refractivity contribution in [1.29, 1.82) is 0 Å². The maximum absolute atomic E-state index is 12.5. The summed E-state index contributed by atoms with van der Waals surface area (Å²) in [5.41, 5.74) is 0.943. The van der Waals surface area contributed by atoms with Gasteiger partial charge >= 0.3 is 0 Å².